The average molecular weight is 207 g/mol. The monoisotopic (exact) mass is 206 g/mol. The van der Waals surface area contributed by atoms with E-state index in [1.54, 1.807) is 30.3 Å². The minimum absolute atomic E-state index is 0.264. The fraction of sp³-hybridized carbons (Fsp3) is 0. The Hall–Kier alpha value is -1.61. The number of pyridine rings is 1. The third kappa shape index (κ3) is 1.54. The van der Waals surface area contributed by atoms with Gasteiger partial charge in [-0.05, 0) is 24.3 Å². The van der Waals surface area contributed by atoms with Gasteiger partial charge in [0.15, 0.2) is 0 Å². The number of halogens is 1. The molecule has 2 rings (SSSR count). The van der Waals surface area contributed by atoms with E-state index in [1.807, 2.05) is 0 Å². The van der Waals surface area contributed by atoms with Crippen molar-refractivity contribution in [1.29, 1.82) is 0 Å². The molecule has 0 aliphatic rings. The zero-order chi connectivity index (χ0) is 10.1. The van der Waals surface area contributed by atoms with Crippen LogP contribution in [0.25, 0.3) is 10.9 Å². The molecule has 0 atom stereocenters. The maximum Gasteiger partial charge on any atom is 0.267 e. The smallest absolute Gasteiger partial charge is 0.267 e. The third-order valence-corrected chi connectivity index (χ3v) is 2.14. The first-order valence-corrected chi connectivity index (χ1v) is 4.41. The second-order valence-electron chi connectivity index (χ2n) is 2.90. The minimum atomic E-state index is -0.526. The topological polar surface area (TPSA) is 56.0 Å². The van der Waals surface area contributed by atoms with Gasteiger partial charge in [-0.25, -0.2) is 4.98 Å². The highest BCUT2D eigenvalue weighted by molar-refractivity contribution is 6.31. The predicted octanol–water partition coefficient (Wildman–Crippen LogP) is 1.99. The summed E-state index contributed by atoms with van der Waals surface area (Å²) in [6, 6.07) is 8.62. The quantitative estimate of drug-likeness (QED) is 0.776. The molecule has 2 N–H and O–H groups in total. The van der Waals surface area contributed by atoms with Crippen molar-refractivity contribution in [2.75, 3.05) is 0 Å². The molecular formula is C10H7ClN2O. The largest absolute Gasteiger partial charge is 0.364 e. The first-order chi connectivity index (χ1) is 6.66. The van der Waals surface area contributed by atoms with Gasteiger partial charge in [0.1, 0.15) is 5.69 Å². The number of carbonyl (C=O) groups is 1. The van der Waals surface area contributed by atoms with Crippen molar-refractivity contribution >= 4 is 28.4 Å². The first kappa shape index (κ1) is 8.97. The number of nitrogens with two attached hydrogens (primary N) is 1. The highest BCUT2D eigenvalue weighted by Gasteiger charge is 2.03. The summed E-state index contributed by atoms with van der Waals surface area (Å²) in [5, 5.41) is 1.54. The average Bonchev–Trinajstić information content (AvgIpc) is 2.16. The number of fused-ring (bicyclic) bond motifs is 1. The second kappa shape index (κ2) is 3.27. The molecule has 70 valence electrons. The molecule has 14 heavy (non-hydrogen) atoms. The van der Waals surface area contributed by atoms with Crippen molar-refractivity contribution in [2.45, 2.75) is 0 Å². The maximum absolute atomic E-state index is 10.8. The zero-order valence-corrected chi connectivity index (χ0v) is 7.95. The van der Waals surface area contributed by atoms with E-state index >= 15 is 0 Å². The number of hydrogen-bond donors (Lipinski definition) is 1. The fourth-order valence-electron chi connectivity index (χ4n) is 1.23. The number of aromatic nitrogens is 1. The Bertz CT molecular complexity index is 510. The number of primary amides is 1. The summed E-state index contributed by atoms with van der Waals surface area (Å²) in [5.74, 6) is -0.526. The first-order valence-electron chi connectivity index (χ1n) is 4.03. The summed E-state index contributed by atoms with van der Waals surface area (Å²) < 4.78 is 0. The lowest BCUT2D eigenvalue weighted by Crippen LogP contribution is -2.12. The summed E-state index contributed by atoms with van der Waals surface area (Å²) in [7, 11) is 0. The molecule has 0 radical (unpaired) electrons. The van der Waals surface area contributed by atoms with Crippen molar-refractivity contribution in [3.63, 3.8) is 0 Å². The van der Waals surface area contributed by atoms with Crippen LogP contribution < -0.4 is 5.73 Å². The Kier molecular flexibility index (Phi) is 2.09. The van der Waals surface area contributed by atoms with Crippen molar-refractivity contribution in [2.24, 2.45) is 5.73 Å². The van der Waals surface area contributed by atoms with Gasteiger partial charge in [-0.2, -0.15) is 0 Å². The van der Waals surface area contributed by atoms with E-state index in [0.717, 1.165) is 5.39 Å². The number of hydrogen-bond acceptors (Lipinski definition) is 2. The lowest BCUT2D eigenvalue weighted by atomic mass is 10.2. The summed E-state index contributed by atoms with van der Waals surface area (Å²) in [5.41, 5.74) is 6.08. The van der Waals surface area contributed by atoms with Crippen LogP contribution in [0.4, 0.5) is 0 Å². The molecule has 1 amide bonds. The fourth-order valence-corrected chi connectivity index (χ4v) is 1.41. The molecule has 4 heteroatoms. The predicted molar refractivity (Wildman–Crippen MR) is 55.3 cm³/mol. The van der Waals surface area contributed by atoms with E-state index in [2.05, 4.69) is 4.98 Å². The van der Waals surface area contributed by atoms with Crippen LogP contribution in [0.15, 0.2) is 30.3 Å². The van der Waals surface area contributed by atoms with Gasteiger partial charge in [-0.15, -0.1) is 0 Å². The summed E-state index contributed by atoms with van der Waals surface area (Å²) in [4.78, 5) is 14.9. The van der Waals surface area contributed by atoms with Crippen molar-refractivity contribution < 1.29 is 4.79 Å². The molecule has 2 aromatic rings. The number of benzene rings is 1. The van der Waals surface area contributed by atoms with Gasteiger partial charge in [0.05, 0.1) is 5.52 Å². The number of carbonyl (C=O) groups excluding carboxylic acids is 1. The van der Waals surface area contributed by atoms with Gasteiger partial charge in [0, 0.05) is 10.4 Å². The summed E-state index contributed by atoms with van der Waals surface area (Å²) >= 11 is 5.80. The van der Waals surface area contributed by atoms with Gasteiger partial charge < -0.3 is 5.73 Å². The molecule has 0 aliphatic carbocycles. The third-order valence-electron chi connectivity index (χ3n) is 1.90. The van der Waals surface area contributed by atoms with E-state index in [1.165, 1.54) is 0 Å². The SMILES string of the molecule is NC(=O)c1ccc2cc(Cl)ccc2n1. The molecule has 0 saturated heterocycles. The number of amides is 1. The van der Waals surface area contributed by atoms with Gasteiger partial charge in [-0.1, -0.05) is 17.7 Å². The number of nitrogens with zero attached hydrogens (tertiary/aromatic N) is 1. The Labute approximate surface area is 85.5 Å². The Morgan fingerprint density at radius 3 is 2.79 bits per heavy atom. The van der Waals surface area contributed by atoms with E-state index in [4.69, 9.17) is 17.3 Å². The normalized spacial score (nSPS) is 10.4. The molecule has 0 saturated carbocycles. The van der Waals surface area contributed by atoms with Crippen LogP contribution in [0, 0.1) is 0 Å². The molecule has 1 aromatic carbocycles. The van der Waals surface area contributed by atoms with Crippen molar-refractivity contribution in [3.8, 4) is 0 Å². The van der Waals surface area contributed by atoms with Gasteiger partial charge in [-0.3, -0.25) is 4.79 Å². The Morgan fingerprint density at radius 1 is 1.29 bits per heavy atom. The summed E-state index contributed by atoms with van der Waals surface area (Å²) in [6.45, 7) is 0. The molecule has 0 bridgehead atoms. The van der Waals surface area contributed by atoms with E-state index in [0.29, 0.717) is 10.5 Å². The van der Waals surface area contributed by atoms with Crippen LogP contribution in [-0.4, -0.2) is 10.9 Å². The van der Waals surface area contributed by atoms with Crippen LogP contribution in [0.3, 0.4) is 0 Å². The minimum Gasteiger partial charge on any atom is -0.364 e. The summed E-state index contributed by atoms with van der Waals surface area (Å²) in [6.07, 6.45) is 0. The standard InChI is InChI=1S/C10H7ClN2O/c11-7-2-4-8-6(5-7)1-3-9(13-8)10(12)14/h1-5H,(H2,12,14). The zero-order valence-electron chi connectivity index (χ0n) is 7.20. The van der Waals surface area contributed by atoms with E-state index < -0.39 is 5.91 Å². The highest BCUT2D eigenvalue weighted by atomic mass is 35.5. The van der Waals surface area contributed by atoms with Gasteiger partial charge in [0.2, 0.25) is 0 Å². The molecule has 0 aliphatic heterocycles. The van der Waals surface area contributed by atoms with Crippen LogP contribution in [0.1, 0.15) is 10.5 Å². The second-order valence-corrected chi connectivity index (χ2v) is 3.33. The van der Waals surface area contributed by atoms with Gasteiger partial charge >= 0.3 is 0 Å². The van der Waals surface area contributed by atoms with E-state index in [9.17, 15) is 4.79 Å². The lowest BCUT2D eigenvalue weighted by molar-refractivity contribution is 0.0996. The van der Waals surface area contributed by atoms with E-state index in [-0.39, 0.29) is 5.69 Å². The molecule has 1 aromatic heterocycles. The maximum atomic E-state index is 10.8. The molecular weight excluding hydrogens is 200 g/mol. The van der Waals surface area contributed by atoms with Gasteiger partial charge in [0.25, 0.3) is 5.91 Å². The number of rotatable bonds is 1. The molecule has 0 fully saturated rings. The van der Waals surface area contributed by atoms with Crippen LogP contribution in [0.2, 0.25) is 5.02 Å². The van der Waals surface area contributed by atoms with Crippen molar-refractivity contribution in [1.82, 2.24) is 4.98 Å². The lowest BCUT2D eigenvalue weighted by Gasteiger charge is -1.99. The molecule has 0 spiro atoms. The highest BCUT2D eigenvalue weighted by Crippen LogP contribution is 2.17. The Morgan fingerprint density at radius 2 is 2.07 bits per heavy atom. The molecule has 1 heterocycles. The van der Waals surface area contributed by atoms with Crippen LogP contribution in [0.5, 0.6) is 0 Å². The molecule has 3 nitrogen and oxygen atoms in total. The van der Waals surface area contributed by atoms with Crippen LogP contribution >= 0.6 is 11.6 Å². The van der Waals surface area contributed by atoms with Crippen LogP contribution in [-0.2, 0) is 0 Å². The van der Waals surface area contributed by atoms with Crippen molar-refractivity contribution in [3.05, 3.63) is 41.0 Å². The Balaban J connectivity index is 2.67. The molecule has 0 unspecified atom stereocenters.